The molecule has 0 aromatic carbocycles. The lowest BCUT2D eigenvalue weighted by atomic mass is 9.96. The topological polar surface area (TPSA) is 74.0 Å². The van der Waals surface area contributed by atoms with Crippen molar-refractivity contribution >= 4 is 35.8 Å². The molecule has 0 radical (unpaired) electrons. The largest absolute Gasteiger partial charge is 0.369 e. The van der Waals surface area contributed by atoms with Gasteiger partial charge in [-0.1, -0.05) is 13.3 Å². The second kappa shape index (κ2) is 13.7. The smallest absolute Gasteiger partial charge is 0.220 e. The number of rotatable bonds is 9. The van der Waals surface area contributed by atoms with Crippen molar-refractivity contribution in [3.8, 4) is 0 Å². The zero-order chi connectivity index (χ0) is 17.1. The first-order chi connectivity index (χ1) is 11.1. The highest BCUT2D eigenvalue weighted by atomic mass is 127. The minimum Gasteiger partial charge on any atom is -0.369 e. The Bertz CT molecular complexity index is 370. The van der Waals surface area contributed by atoms with Gasteiger partial charge in [-0.15, -0.1) is 24.0 Å². The van der Waals surface area contributed by atoms with Crippen molar-refractivity contribution in [1.29, 1.82) is 0 Å². The number of guanidine groups is 1. The summed E-state index contributed by atoms with van der Waals surface area (Å²) in [5, 5.41) is 3.43. The van der Waals surface area contributed by atoms with Crippen LogP contribution < -0.4 is 11.1 Å². The lowest BCUT2D eigenvalue weighted by molar-refractivity contribution is -0.123. The van der Waals surface area contributed by atoms with Crippen molar-refractivity contribution in [3.63, 3.8) is 0 Å². The summed E-state index contributed by atoms with van der Waals surface area (Å²) >= 11 is 0. The number of hydrogen-bond donors (Lipinski definition) is 2. The molecule has 0 unspecified atom stereocenters. The molecule has 142 valence electrons. The maximum atomic E-state index is 11.2. The summed E-state index contributed by atoms with van der Waals surface area (Å²) < 4.78 is 0. The third kappa shape index (κ3) is 9.05. The summed E-state index contributed by atoms with van der Waals surface area (Å²) in [6.45, 7) is 7.32. The fourth-order valence-electron chi connectivity index (χ4n) is 2.99. The summed E-state index contributed by atoms with van der Waals surface area (Å²) in [6, 6.07) is 0. The van der Waals surface area contributed by atoms with E-state index >= 15 is 0 Å². The molecule has 0 aliphatic carbocycles. The summed E-state index contributed by atoms with van der Waals surface area (Å²) in [6.07, 6.45) is 6.54. The third-order valence-electron chi connectivity index (χ3n) is 4.59. The molecule has 6 nitrogen and oxygen atoms in total. The number of nitrogens with zero attached hydrogens (tertiary/aromatic N) is 3. The molecular formula is C17H36IN5O. The van der Waals surface area contributed by atoms with Gasteiger partial charge in [0, 0.05) is 33.1 Å². The normalized spacial score (nSPS) is 16.5. The molecule has 1 amide bonds. The van der Waals surface area contributed by atoms with Gasteiger partial charge in [0.05, 0.1) is 0 Å². The van der Waals surface area contributed by atoms with Gasteiger partial charge in [-0.3, -0.25) is 9.79 Å². The van der Waals surface area contributed by atoms with Crippen LogP contribution in [0.15, 0.2) is 4.99 Å². The number of carbonyl (C=O) groups is 1. The number of hydrogen-bond acceptors (Lipinski definition) is 3. The number of nitrogens with one attached hydrogen (secondary N) is 1. The van der Waals surface area contributed by atoms with Gasteiger partial charge in [0.25, 0.3) is 0 Å². The van der Waals surface area contributed by atoms with Crippen LogP contribution in [0.3, 0.4) is 0 Å². The Balaban J connectivity index is 0.00000529. The van der Waals surface area contributed by atoms with E-state index in [9.17, 15) is 4.79 Å². The minimum absolute atomic E-state index is 0. The van der Waals surface area contributed by atoms with Gasteiger partial charge in [-0.2, -0.15) is 0 Å². The zero-order valence-electron chi connectivity index (χ0n) is 15.6. The quantitative estimate of drug-likeness (QED) is 0.242. The molecule has 0 bridgehead atoms. The van der Waals surface area contributed by atoms with Crippen LogP contribution in [0.5, 0.6) is 0 Å². The van der Waals surface area contributed by atoms with Crippen LogP contribution in [-0.4, -0.2) is 68.5 Å². The molecule has 0 aromatic heterocycles. The van der Waals surface area contributed by atoms with Gasteiger partial charge < -0.3 is 20.9 Å². The Morgan fingerprint density at radius 2 is 1.96 bits per heavy atom. The van der Waals surface area contributed by atoms with Gasteiger partial charge in [0.1, 0.15) is 0 Å². The van der Waals surface area contributed by atoms with Gasteiger partial charge in [-0.25, -0.2) is 0 Å². The number of unbranched alkanes of at least 4 members (excludes halogenated alkanes) is 2. The van der Waals surface area contributed by atoms with Crippen LogP contribution in [0, 0.1) is 5.92 Å². The Morgan fingerprint density at radius 3 is 2.50 bits per heavy atom. The first kappa shape index (κ1) is 23.4. The van der Waals surface area contributed by atoms with Gasteiger partial charge in [0.15, 0.2) is 5.96 Å². The molecule has 0 spiro atoms. The summed E-state index contributed by atoms with van der Waals surface area (Å²) in [5.74, 6) is 0.947. The van der Waals surface area contributed by atoms with Crippen molar-refractivity contribution in [2.75, 3.05) is 46.8 Å². The lowest BCUT2D eigenvalue weighted by Crippen LogP contribution is -2.40. The van der Waals surface area contributed by atoms with E-state index in [0.29, 0.717) is 0 Å². The van der Waals surface area contributed by atoms with Crippen molar-refractivity contribution in [1.82, 2.24) is 15.1 Å². The number of halogens is 1. The molecule has 1 rings (SSSR count). The van der Waals surface area contributed by atoms with E-state index in [4.69, 9.17) is 5.73 Å². The van der Waals surface area contributed by atoms with E-state index in [-0.39, 0.29) is 35.8 Å². The van der Waals surface area contributed by atoms with Crippen molar-refractivity contribution < 1.29 is 4.79 Å². The SMILES string of the molecule is CCCCN(C)C(=NC)NCCCCN1CCC(C(N)=O)CC1.I. The van der Waals surface area contributed by atoms with Crippen LogP contribution in [0.1, 0.15) is 45.4 Å². The summed E-state index contributed by atoms with van der Waals surface area (Å²) in [4.78, 5) is 20.1. The Kier molecular flexibility index (Phi) is 13.4. The summed E-state index contributed by atoms with van der Waals surface area (Å²) in [7, 11) is 3.93. The number of aliphatic imine (C=N–C) groups is 1. The monoisotopic (exact) mass is 453 g/mol. The zero-order valence-corrected chi connectivity index (χ0v) is 17.9. The van der Waals surface area contributed by atoms with E-state index < -0.39 is 0 Å². The van der Waals surface area contributed by atoms with Crippen molar-refractivity contribution in [2.45, 2.75) is 45.4 Å². The van der Waals surface area contributed by atoms with Crippen molar-refractivity contribution in [3.05, 3.63) is 0 Å². The highest BCUT2D eigenvalue weighted by Crippen LogP contribution is 2.16. The Morgan fingerprint density at radius 1 is 1.29 bits per heavy atom. The molecule has 1 aliphatic heterocycles. The highest BCUT2D eigenvalue weighted by molar-refractivity contribution is 14.0. The average molecular weight is 453 g/mol. The maximum Gasteiger partial charge on any atom is 0.220 e. The fourth-order valence-corrected chi connectivity index (χ4v) is 2.99. The third-order valence-corrected chi connectivity index (χ3v) is 4.59. The lowest BCUT2D eigenvalue weighted by Gasteiger charge is -2.30. The van der Waals surface area contributed by atoms with Crippen LogP contribution in [-0.2, 0) is 4.79 Å². The molecule has 0 saturated carbocycles. The number of primary amides is 1. The number of nitrogens with two attached hydrogens (primary N) is 1. The van der Waals surface area contributed by atoms with Crippen LogP contribution in [0.25, 0.3) is 0 Å². The molecule has 1 fully saturated rings. The molecule has 1 heterocycles. The maximum absolute atomic E-state index is 11.2. The van der Waals surface area contributed by atoms with Crippen LogP contribution in [0.4, 0.5) is 0 Å². The standard InChI is InChI=1S/C17H35N5O.HI/c1-4-5-11-21(3)17(19-2)20-10-6-7-12-22-13-8-15(9-14-22)16(18)23;/h15H,4-14H2,1-3H3,(H2,18,23)(H,19,20);1H. The number of amides is 1. The molecule has 7 heteroatoms. The average Bonchev–Trinajstić information content (AvgIpc) is 2.56. The predicted octanol–water partition coefficient (Wildman–Crippen LogP) is 1.89. The molecular weight excluding hydrogens is 417 g/mol. The van der Waals surface area contributed by atoms with E-state index in [1.54, 1.807) is 0 Å². The highest BCUT2D eigenvalue weighted by Gasteiger charge is 2.22. The molecule has 3 N–H and O–H groups in total. The van der Waals surface area contributed by atoms with Crippen LogP contribution >= 0.6 is 24.0 Å². The fraction of sp³-hybridized carbons (Fsp3) is 0.882. The molecule has 0 aromatic rings. The van der Waals surface area contributed by atoms with E-state index in [1.807, 2.05) is 7.05 Å². The number of likely N-dealkylation sites (tertiary alicyclic amines) is 1. The second-order valence-electron chi connectivity index (χ2n) is 6.47. The minimum atomic E-state index is -0.132. The predicted molar refractivity (Wildman–Crippen MR) is 112 cm³/mol. The first-order valence-electron chi connectivity index (χ1n) is 9.02. The summed E-state index contributed by atoms with van der Waals surface area (Å²) in [5.41, 5.74) is 5.37. The Labute approximate surface area is 164 Å². The second-order valence-corrected chi connectivity index (χ2v) is 6.47. The van der Waals surface area contributed by atoms with Gasteiger partial charge in [0.2, 0.25) is 5.91 Å². The van der Waals surface area contributed by atoms with Gasteiger partial charge >= 0.3 is 0 Å². The molecule has 0 atom stereocenters. The molecule has 24 heavy (non-hydrogen) atoms. The van der Waals surface area contributed by atoms with Gasteiger partial charge in [-0.05, 0) is 51.7 Å². The van der Waals surface area contributed by atoms with E-state index in [1.165, 1.54) is 19.3 Å². The number of carbonyl (C=O) groups excluding carboxylic acids is 1. The van der Waals surface area contributed by atoms with E-state index in [0.717, 1.165) is 57.9 Å². The molecule has 1 saturated heterocycles. The molecule has 1 aliphatic rings. The first-order valence-corrected chi connectivity index (χ1v) is 9.02. The van der Waals surface area contributed by atoms with E-state index in [2.05, 4.69) is 34.1 Å². The number of piperidine rings is 1. The van der Waals surface area contributed by atoms with Crippen molar-refractivity contribution in [2.24, 2.45) is 16.6 Å². The van der Waals surface area contributed by atoms with Crippen LogP contribution in [0.2, 0.25) is 0 Å². The Hall–Kier alpha value is -0.570.